The number of nitrogens with zero attached hydrogens (tertiary/aromatic N) is 2. The lowest BCUT2D eigenvalue weighted by Gasteiger charge is -2.16. The van der Waals surface area contributed by atoms with E-state index < -0.39 is 0 Å². The van der Waals surface area contributed by atoms with Gasteiger partial charge in [0.25, 0.3) is 5.91 Å². The number of carbonyl (C=O) groups excluding carboxylic acids is 1. The van der Waals surface area contributed by atoms with Gasteiger partial charge >= 0.3 is 0 Å². The Labute approximate surface area is 130 Å². The zero-order valence-electron chi connectivity index (χ0n) is 12.5. The van der Waals surface area contributed by atoms with E-state index in [0.717, 1.165) is 18.4 Å². The number of aliphatic hydroxyl groups excluding tert-OH is 1. The molecule has 0 aliphatic heterocycles. The fraction of sp³-hybridized carbons (Fsp3) is 0.412. The van der Waals surface area contributed by atoms with Gasteiger partial charge in [0.05, 0.1) is 18.3 Å². The first-order valence-electron chi connectivity index (χ1n) is 7.74. The molecule has 1 aromatic carbocycles. The molecule has 1 aliphatic rings. The van der Waals surface area contributed by atoms with Crippen molar-refractivity contribution in [3.63, 3.8) is 0 Å². The van der Waals surface area contributed by atoms with E-state index >= 15 is 0 Å². The molecular formula is C17H21N3O2. The molecule has 1 unspecified atom stereocenters. The predicted octanol–water partition coefficient (Wildman–Crippen LogP) is 1.82. The third-order valence-corrected chi connectivity index (χ3v) is 4.03. The van der Waals surface area contributed by atoms with Crippen LogP contribution in [-0.4, -0.2) is 33.4 Å². The molecule has 2 N–H and O–H groups in total. The smallest absolute Gasteiger partial charge is 0.254 e. The molecule has 0 spiro atoms. The Balaban J connectivity index is 1.61. The molecule has 1 fully saturated rings. The van der Waals surface area contributed by atoms with Gasteiger partial charge < -0.3 is 10.4 Å². The zero-order valence-corrected chi connectivity index (χ0v) is 12.5. The second-order valence-electron chi connectivity index (χ2n) is 5.84. The summed E-state index contributed by atoms with van der Waals surface area (Å²) in [7, 11) is 0. The fourth-order valence-electron chi connectivity index (χ4n) is 2.65. The SMILES string of the molecule is O=C(NC(CCO)C1CC1)c1cnn(Cc2ccccc2)c1. The number of benzene rings is 1. The Kier molecular flexibility index (Phi) is 4.53. The zero-order chi connectivity index (χ0) is 15.4. The number of aromatic nitrogens is 2. The molecule has 0 bridgehead atoms. The maximum atomic E-state index is 12.3. The first kappa shape index (κ1) is 14.8. The average Bonchev–Trinajstić information content (AvgIpc) is 3.27. The summed E-state index contributed by atoms with van der Waals surface area (Å²) in [4.78, 5) is 12.3. The third-order valence-electron chi connectivity index (χ3n) is 4.03. The van der Waals surface area contributed by atoms with Crippen molar-refractivity contribution in [2.24, 2.45) is 5.92 Å². The fourth-order valence-corrected chi connectivity index (χ4v) is 2.65. The van der Waals surface area contributed by atoms with Crippen LogP contribution >= 0.6 is 0 Å². The van der Waals surface area contributed by atoms with Crippen LogP contribution in [0.1, 0.15) is 35.2 Å². The van der Waals surface area contributed by atoms with Gasteiger partial charge in [0, 0.05) is 18.8 Å². The van der Waals surface area contributed by atoms with Crippen LogP contribution in [0.2, 0.25) is 0 Å². The second-order valence-corrected chi connectivity index (χ2v) is 5.84. The van der Waals surface area contributed by atoms with Crippen LogP contribution in [0.5, 0.6) is 0 Å². The van der Waals surface area contributed by atoms with Gasteiger partial charge in [-0.15, -0.1) is 0 Å². The van der Waals surface area contributed by atoms with Gasteiger partial charge in [-0.1, -0.05) is 30.3 Å². The van der Waals surface area contributed by atoms with Gasteiger partial charge in [-0.3, -0.25) is 9.48 Å². The van der Waals surface area contributed by atoms with E-state index in [4.69, 9.17) is 5.11 Å². The summed E-state index contributed by atoms with van der Waals surface area (Å²) in [6, 6.07) is 10.1. The number of amides is 1. The summed E-state index contributed by atoms with van der Waals surface area (Å²) in [6.07, 6.45) is 6.26. The molecule has 0 saturated heterocycles. The summed E-state index contributed by atoms with van der Waals surface area (Å²) in [6.45, 7) is 0.755. The van der Waals surface area contributed by atoms with Crippen molar-refractivity contribution < 1.29 is 9.90 Å². The molecule has 116 valence electrons. The normalized spacial score (nSPS) is 15.5. The second kappa shape index (κ2) is 6.75. The van der Waals surface area contributed by atoms with Crippen LogP contribution in [0.4, 0.5) is 0 Å². The number of aliphatic hydroxyl groups is 1. The van der Waals surface area contributed by atoms with Crippen molar-refractivity contribution in [2.45, 2.75) is 31.8 Å². The number of hydrogen-bond acceptors (Lipinski definition) is 3. The summed E-state index contributed by atoms with van der Waals surface area (Å²) >= 11 is 0. The van der Waals surface area contributed by atoms with Crippen LogP contribution in [0.25, 0.3) is 0 Å². The Morgan fingerprint density at radius 1 is 1.36 bits per heavy atom. The summed E-state index contributed by atoms with van der Waals surface area (Å²) in [5.41, 5.74) is 1.72. The van der Waals surface area contributed by atoms with Crippen molar-refractivity contribution in [1.82, 2.24) is 15.1 Å². The van der Waals surface area contributed by atoms with Crippen molar-refractivity contribution in [3.05, 3.63) is 53.9 Å². The predicted molar refractivity (Wildman–Crippen MR) is 83.5 cm³/mol. The van der Waals surface area contributed by atoms with Crippen molar-refractivity contribution in [3.8, 4) is 0 Å². The summed E-state index contributed by atoms with van der Waals surface area (Å²) in [5.74, 6) is 0.417. The summed E-state index contributed by atoms with van der Waals surface area (Å²) in [5, 5.41) is 16.4. The van der Waals surface area contributed by atoms with Crippen LogP contribution < -0.4 is 5.32 Å². The lowest BCUT2D eigenvalue weighted by Crippen LogP contribution is -2.37. The first-order valence-corrected chi connectivity index (χ1v) is 7.74. The van der Waals surface area contributed by atoms with E-state index in [-0.39, 0.29) is 18.6 Å². The van der Waals surface area contributed by atoms with E-state index in [1.807, 2.05) is 30.3 Å². The third kappa shape index (κ3) is 3.74. The molecule has 1 amide bonds. The van der Waals surface area contributed by atoms with Crippen molar-refractivity contribution >= 4 is 5.91 Å². The monoisotopic (exact) mass is 299 g/mol. The standard InChI is InChI=1S/C17H21N3O2/c21-9-8-16(14-6-7-14)19-17(22)15-10-18-20(12-15)11-13-4-2-1-3-5-13/h1-5,10,12,14,16,21H,6-9,11H2,(H,19,22). The van der Waals surface area contributed by atoms with Gasteiger partial charge in [0.15, 0.2) is 0 Å². The molecule has 5 heteroatoms. The van der Waals surface area contributed by atoms with Gasteiger partial charge in [-0.2, -0.15) is 5.10 Å². The average molecular weight is 299 g/mol. The molecule has 3 rings (SSSR count). The molecule has 1 aromatic heterocycles. The molecule has 1 aliphatic carbocycles. The van der Waals surface area contributed by atoms with Crippen LogP contribution in [0, 0.1) is 5.92 Å². The van der Waals surface area contributed by atoms with E-state index in [0.29, 0.717) is 24.4 Å². The first-order chi connectivity index (χ1) is 10.8. The molecule has 1 heterocycles. The molecule has 0 radical (unpaired) electrons. The van der Waals surface area contributed by atoms with Crippen LogP contribution in [0.3, 0.4) is 0 Å². The minimum Gasteiger partial charge on any atom is -0.396 e. The number of nitrogens with one attached hydrogen (secondary N) is 1. The number of hydrogen-bond donors (Lipinski definition) is 2. The Morgan fingerprint density at radius 2 is 2.14 bits per heavy atom. The minimum absolute atomic E-state index is 0.0787. The van der Waals surface area contributed by atoms with Crippen LogP contribution in [0.15, 0.2) is 42.7 Å². The minimum atomic E-state index is -0.107. The van der Waals surface area contributed by atoms with Gasteiger partial charge in [0.1, 0.15) is 0 Å². The highest BCUT2D eigenvalue weighted by Gasteiger charge is 2.32. The molecule has 5 nitrogen and oxygen atoms in total. The van der Waals surface area contributed by atoms with Gasteiger partial charge in [-0.25, -0.2) is 0 Å². The lowest BCUT2D eigenvalue weighted by atomic mass is 10.1. The quantitative estimate of drug-likeness (QED) is 0.819. The van der Waals surface area contributed by atoms with E-state index in [1.54, 1.807) is 17.1 Å². The van der Waals surface area contributed by atoms with E-state index in [1.165, 1.54) is 0 Å². The maximum Gasteiger partial charge on any atom is 0.254 e. The number of rotatable bonds is 7. The number of carbonyl (C=O) groups is 1. The highest BCUT2D eigenvalue weighted by atomic mass is 16.3. The van der Waals surface area contributed by atoms with Crippen LogP contribution in [-0.2, 0) is 6.54 Å². The molecular weight excluding hydrogens is 278 g/mol. The Bertz CT molecular complexity index is 620. The largest absolute Gasteiger partial charge is 0.396 e. The highest BCUT2D eigenvalue weighted by Crippen LogP contribution is 2.34. The van der Waals surface area contributed by atoms with Gasteiger partial charge in [0.2, 0.25) is 0 Å². The van der Waals surface area contributed by atoms with Gasteiger partial charge in [-0.05, 0) is 30.7 Å². The van der Waals surface area contributed by atoms with E-state index in [2.05, 4.69) is 10.4 Å². The maximum absolute atomic E-state index is 12.3. The molecule has 1 atom stereocenters. The van der Waals surface area contributed by atoms with Crippen molar-refractivity contribution in [1.29, 1.82) is 0 Å². The highest BCUT2D eigenvalue weighted by molar-refractivity contribution is 5.93. The van der Waals surface area contributed by atoms with E-state index in [9.17, 15) is 4.79 Å². The van der Waals surface area contributed by atoms with Crippen molar-refractivity contribution in [2.75, 3.05) is 6.61 Å². The molecule has 1 saturated carbocycles. The lowest BCUT2D eigenvalue weighted by molar-refractivity contribution is 0.0924. The molecule has 22 heavy (non-hydrogen) atoms. The summed E-state index contributed by atoms with van der Waals surface area (Å²) < 4.78 is 1.77. The topological polar surface area (TPSA) is 67.2 Å². The Hall–Kier alpha value is -2.14. The molecule has 2 aromatic rings. The Morgan fingerprint density at radius 3 is 2.82 bits per heavy atom.